The SMILES string of the molecule is COc1cc(N2CC3CN(C(=O)c4ccc(F)cc4-n4nccn4)CC3C2)cc(N(C)C)n1. The first-order chi connectivity index (χ1) is 15.9. The van der Waals surface area contributed by atoms with Gasteiger partial charge in [-0.15, -0.1) is 0 Å². The number of likely N-dealkylation sites (tertiary alicyclic amines) is 1. The fourth-order valence-corrected chi connectivity index (χ4v) is 4.73. The summed E-state index contributed by atoms with van der Waals surface area (Å²) in [5.41, 5.74) is 1.83. The van der Waals surface area contributed by atoms with Crippen molar-refractivity contribution in [2.75, 3.05) is 57.2 Å². The van der Waals surface area contributed by atoms with Gasteiger partial charge in [0.1, 0.15) is 17.3 Å². The molecule has 2 atom stereocenters. The highest BCUT2D eigenvalue weighted by molar-refractivity contribution is 5.98. The van der Waals surface area contributed by atoms with Crippen LogP contribution in [0.5, 0.6) is 5.88 Å². The quantitative estimate of drug-likeness (QED) is 0.588. The Morgan fingerprint density at radius 1 is 1.06 bits per heavy atom. The predicted octanol–water partition coefficient (Wildman–Crippen LogP) is 2.08. The highest BCUT2D eigenvalue weighted by Crippen LogP contribution is 2.36. The first-order valence-corrected chi connectivity index (χ1v) is 10.9. The number of fused-ring (bicyclic) bond motifs is 1. The van der Waals surface area contributed by atoms with E-state index in [0.717, 1.165) is 24.6 Å². The Kier molecular flexibility index (Phi) is 5.35. The van der Waals surface area contributed by atoms with Crippen molar-refractivity contribution < 1.29 is 13.9 Å². The molecule has 0 aliphatic carbocycles. The normalized spacial score (nSPS) is 19.6. The summed E-state index contributed by atoms with van der Waals surface area (Å²) in [5, 5.41) is 8.15. The van der Waals surface area contributed by atoms with Crippen molar-refractivity contribution in [2.45, 2.75) is 0 Å². The molecule has 0 radical (unpaired) electrons. The van der Waals surface area contributed by atoms with Gasteiger partial charge in [-0.2, -0.15) is 20.0 Å². The van der Waals surface area contributed by atoms with Gasteiger partial charge in [-0.1, -0.05) is 0 Å². The zero-order valence-electron chi connectivity index (χ0n) is 18.8. The fourth-order valence-electron chi connectivity index (χ4n) is 4.73. The van der Waals surface area contributed by atoms with Crippen LogP contribution < -0.4 is 14.5 Å². The Bertz CT molecular complexity index is 1150. The van der Waals surface area contributed by atoms with E-state index in [-0.39, 0.29) is 5.91 Å². The number of aromatic nitrogens is 4. The van der Waals surface area contributed by atoms with E-state index in [9.17, 15) is 9.18 Å². The second-order valence-electron chi connectivity index (χ2n) is 8.74. The zero-order chi connectivity index (χ0) is 23.1. The Labute approximate surface area is 191 Å². The number of carbonyl (C=O) groups is 1. The molecule has 4 heterocycles. The minimum Gasteiger partial charge on any atom is -0.481 e. The van der Waals surface area contributed by atoms with Gasteiger partial charge in [0, 0.05) is 76.0 Å². The minimum atomic E-state index is -0.433. The monoisotopic (exact) mass is 451 g/mol. The summed E-state index contributed by atoms with van der Waals surface area (Å²) in [6, 6.07) is 8.14. The van der Waals surface area contributed by atoms with Crippen LogP contribution in [0.2, 0.25) is 0 Å². The van der Waals surface area contributed by atoms with E-state index in [0.29, 0.717) is 42.1 Å². The van der Waals surface area contributed by atoms with Gasteiger partial charge in [0.2, 0.25) is 5.88 Å². The molecule has 0 bridgehead atoms. The summed E-state index contributed by atoms with van der Waals surface area (Å²) in [4.78, 5) is 25.3. The molecule has 2 aromatic heterocycles. The highest BCUT2D eigenvalue weighted by atomic mass is 19.1. The lowest BCUT2D eigenvalue weighted by Crippen LogP contribution is -2.34. The highest BCUT2D eigenvalue weighted by Gasteiger charge is 2.42. The van der Waals surface area contributed by atoms with Crippen LogP contribution in [-0.4, -0.2) is 78.2 Å². The van der Waals surface area contributed by atoms with Crippen molar-refractivity contribution in [3.8, 4) is 11.6 Å². The molecule has 0 saturated carbocycles. The second kappa shape index (κ2) is 8.34. The first-order valence-electron chi connectivity index (χ1n) is 10.9. The molecule has 172 valence electrons. The Morgan fingerprint density at radius 3 is 2.39 bits per heavy atom. The van der Waals surface area contributed by atoms with Gasteiger partial charge in [0.05, 0.1) is 25.1 Å². The number of rotatable bonds is 5. The fraction of sp³-hybridized carbons (Fsp3) is 0.391. The second-order valence-corrected chi connectivity index (χ2v) is 8.74. The third kappa shape index (κ3) is 3.96. The molecule has 33 heavy (non-hydrogen) atoms. The number of nitrogens with zero attached hydrogens (tertiary/aromatic N) is 7. The summed E-state index contributed by atoms with van der Waals surface area (Å²) in [7, 11) is 5.53. The van der Waals surface area contributed by atoms with Crippen molar-refractivity contribution in [3.05, 3.63) is 54.1 Å². The molecule has 2 saturated heterocycles. The van der Waals surface area contributed by atoms with Gasteiger partial charge < -0.3 is 19.4 Å². The van der Waals surface area contributed by atoms with Crippen LogP contribution in [0.3, 0.4) is 0 Å². The first kappa shape index (κ1) is 21.2. The van der Waals surface area contributed by atoms with Crippen molar-refractivity contribution in [1.82, 2.24) is 24.9 Å². The van der Waals surface area contributed by atoms with Gasteiger partial charge in [0.15, 0.2) is 0 Å². The average molecular weight is 452 g/mol. The maximum absolute atomic E-state index is 13.9. The average Bonchev–Trinajstić information content (AvgIpc) is 3.55. The number of hydrogen-bond acceptors (Lipinski definition) is 7. The lowest BCUT2D eigenvalue weighted by molar-refractivity contribution is 0.0782. The van der Waals surface area contributed by atoms with Gasteiger partial charge in [-0.3, -0.25) is 4.79 Å². The molecule has 3 aromatic rings. The summed E-state index contributed by atoms with van der Waals surface area (Å²) in [5.74, 6) is 1.60. The molecule has 5 rings (SSSR count). The van der Waals surface area contributed by atoms with Crippen molar-refractivity contribution in [2.24, 2.45) is 11.8 Å². The van der Waals surface area contributed by atoms with Crippen LogP contribution in [0.1, 0.15) is 10.4 Å². The number of anilines is 2. The lowest BCUT2D eigenvalue weighted by Gasteiger charge is -2.25. The Morgan fingerprint density at radius 2 is 1.76 bits per heavy atom. The molecule has 2 aliphatic rings. The van der Waals surface area contributed by atoms with Gasteiger partial charge in [-0.05, 0) is 12.1 Å². The van der Waals surface area contributed by atoms with Crippen LogP contribution in [0, 0.1) is 17.7 Å². The maximum Gasteiger partial charge on any atom is 0.256 e. The molecule has 2 unspecified atom stereocenters. The summed E-state index contributed by atoms with van der Waals surface area (Å²) >= 11 is 0. The maximum atomic E-state index is 13.9. The molecule has 1 aromatic carbocycles. The van der Waals surface area contributed by atoms with Gasteiger partial charge in [0.25, 0.3) is 5.91 Å². The van der Waals surface area contributed by atoms with Crippen molar-refractivity contribution >= 4 is 17.4 Å². The number of carbonyl (C=O) groups excluding carboxylic acids is 1. The largest absolute Gasteiger partial charge is 0.481 e. The van der Waals surface area contributed by atoms with E-state index in [2.05, 4.69) is 26.1 Å². The van der Waals surface area contributed by atoms with Crippen molar-refractivity contribution in [1.29, 1.82) is 0 Å². The summed E-state index contributed by atoms with van der Waals surface area (Å²) in [6.07, 6.45) is 3.01. The van der Waals surface area contributed by atoms with Crippen molar-refractivity contribution in [3.63, 3.8) is 0 Å². The summed E-state index contributed by atoms with van der Waals surface area (Å²) < 4.78 is 19.3. The van der Waals surface area contributed by atoms with E-state index in [1.807, 2.05) is 30.0 Å². The number of halogens is 1. The third-order valence-corrected chi connectivity index (χ3v) is 6.40. The molecular weight excluding hydrogens is 425 g/mol. The van der Waals surface area contributed by atoms with Gasteiger partial charge >= 0.3 is 0 Å². The van der Waals surface area contributed by atoms with Gasteiger partial charge in [-0.25, -0.2) is 4.39 Å². The molecule has 2 aliphatic heterocycles. The van der Waals surface area contributed by atoms with Crippen LogP contribution in [0.25, 0.3) is 5.69 Å². The number of methoxy groups -OCH3 is 1. The molecule has 10 heteroatoms. The number of ether oxygens (including phenoxy) is 1. The zero-order valence-corrected chi connectivity index (χ0v) is 18.8. The predicted molar refractivity (Wildman–Crippen MR) is 122 cm³/mol. The van der Waals surface area contributed by atoms with E-state index >= 15 is 0 Å². The molecule has 0 spiro atoms. The number of benzene rings is 1. The molecule has 1 amide bonds. The lowest BCUT2D eigenvalue weighted by atomic mass is 10.0. The minimum absolute atomic E-state index is 0.122. The van der Waals surface area contributed by atoms with E-state index in [4.69, 9.17) is 4.74 Å². The topological polar surface area (TPSA) is 79.6 Å². The standard InChI is InChI=1S/C23H26FN7O2/c1-28(2)21-9-18(10-22(27-21)33-3)29-11-15-13-30(14-16(15)12-29)23(32)19-5-4-17(24)8-20(19)31-25-6-7-26-31/h4-10,15-16H,11-14H2,1-3H3. The smallest absolute Gasteiger partial charge is 0.256 e. The number of pyridine rings is 1. The Hall–Kier alpha value is -3.69. The molecule has 9 nitrogen and oxygen atoms in total. The number of hydrogen-bond donors (Lipinski definition) is 0. The van der Waals surface area contributed by atoms with Crippen LogP contribution in [0.4, 0.5) is 15.9 Å². The summed E-state index contributed by atoms with van der Waals surface area (Å²) in [6.45, 7) is 3.02. The number of amides is 1. The Balaban J connectivity index is 1.32. The molecule has 2 fully saturated rings. The van der Waals surface area contributed by atoms with E-state index in [1.54, 1.807) is 7.11 Å². The van der Waals surface area contributed by atoms with Crippen LogP contribution >= 0.6 is 0 Å². The van der Waals surface area contributed by atoms with Crippen LogP contribution in [-0.2, 0) is 0 Å². The van der Waals surface area contributed by atoms with Crippen LogP contribution in [0.15, 0.2) is 42.7 Å². The van der Waals surface area contributed by atoms with E-state index in [1.165, 1.54) is 35.4 Å². The van der Waals surface area contributed by atoms with E-state index < -0.39 is 5.82 Å². The molecule has 0 N–H and O–H groups in total. The molecular formula is C23H26FN7O2. The third-order valence-electron chi connectivity index (χ3n) is 6.40.